The van der Waals surface area contributed by atoms with E-state index in [0.717, 1.165) is 45.9 Å². The van der Waals surface area contributed by atoms with Crippen LogP contribution < -0.4 is 5.32 Å². The molecule has 1 saturated heterocycles. The summed E-state index contributed by atoms with van der Waals surface area (Å²) in [6.45, 7) is 11.3. The topological polar surface area (TPSA) is 48.0 Å². The van der Waals surface area contributed by atoms with Gasteiger partial charge in [0.25, 0.3) is 0 Å². The molecule has 1 heterocycles. The molecule has 0 bridgehead atoms. The maximum Gasteiger partial charge on any atom is 0.0793 e. The maximum atomic E-state index is 10.0. The third kappa shape index (κ3) is 7.28. The number of hydrogen-bond donors (Lipinski definition) is 2. The molecule has 0 amide bonds. The number of β-amino-alcohol motifs (C(OH)–C–C–N with tert-alkyl or cyclic N) is 1. The monoisotopic (exact) mass is 259 g/mol. The standard InChI is InChI=1S/C13H29N3O2/c1-12(2)18-9-8-15(3)10-13(17)11-16-6-4-14-5-7-16/h12-14,17H,4-11H2,1-3H3. The SMILES string of the molecule is CC(C)OCCN(C)CC(O)CN1CCNCC1. The largest absolute Gasteiger partial charge is 0.390 e. The van der Waals surface area contributed by atoms with Crippen LogP contribution in [0.15, 0.2) is 0 Å². The predicted octanol–water partition coefficient (Wildman–Crippen LogP) is -0.391. The van der Waals surface area contributed by atoms with E-state index < -0.39 is 0 Å². The number of nitrogens with zero attached hydrogens (tertiary/aromatic N) is 2. The number of hydrogen-bond acceptors (Lipinski definition) is 5. The molecule has 2 N–H and O–H groups in total. The number of likely N-dealkylation sites (N-methyl/N-ethyl adjacent to an activating group) is 1. The first-order chi connectivity index (χ1) is 8.58. The lowest BCUT2D eigenvalue weighted by molar-refractivity contribution is 0.0425. The molecule has 0 aromatic carbocycles. The molecule has 0 aliphatic carbocycles. The minimum Gasteiger partial charge on any atom is -0.390 e. The summed E-state index contributed by atoms with van der Waals surface area (Å²) in [5.74, 6) is 0. The van der Waals surface area contributed by atoms with Crippen LogP contribution in [0, 0.1) is 0 Å². The zero-order valence-corrected chi connectivity index (χ0v) is 12.1. The van der Waals surface area contributed by atoms with Gasteiger partial charge in [-0.3, -0.25) is 4.90 Å². The van der Waals surface area contributed by atoms with Crippen LogP contribution in [0.25, 0.3) is 0 Å². The molecular weight excluding hydrogens is 230 g/mol. The van der Waals surface area contributed by atoms with E-state index in [-0.39, 0.29) is 12.2 Å². The maximum absolute atomic E-state index is 10.0. The molecule has 1 fully saturated rings. The number of rotatable bonds is 8. The van der Waals surface area contributed by atoms with Gasteiger partial charge in [-0.1, -0.05) is 0 Å². The third-order valence-electron chi connectivity index (χ3n) is 3.13. The van der Waals surface area contributed by atoms with Gasteiger partial charge in [0.05, 0.1) is 18.8 Å². The zero-order valence-electron chi connectivity index (χ0n) is 12.1. The Morgan fingerprint density at radius 1 is 1.33 bits per heavy atom. The summed E-state index contributed by atoms with van der Waals surface area (Å²) < 4.78 is 5.50. The predicted molar refractivity (Wildman–Crippen MR) is 73.9 cm³/mol. The minimum absolute atomic E-state index is 0.271. The Labute approximate surface area is 111 Å². The smallest absolute Gasteiger partial charge is 0.0793 e. The van der Waals surface area contributed by atoms with E-state index in [1.165, 1.54) is 0 Å². The van der Waals surface area contributed by atoms with Crippen molar-refractivity contribution in [1.82, 2.24) is 15.1 Å². The van der Waals surface area contributed by atoms with E-state index in [1.807, 2.05) is 20.9 Å². The first-order valence-electron chi connectivity index (χ1n) is 6.99. The second-order valence-corrected chi connectivity index (χ2v) is 5.39. The van der Waals surface area contributed by atoms with Gasteiger partial charge in [-0.15, -0.1) is 0 Å². The molecule has 5 nitrogen and oxygen atoms in total. The van der Waals surface area contributed by atoms with Crippen LogP contribution in [-0.4, -0.2) is 86.6 Å². The van der Waals surface area contributed by atoms with Crippen LogP contribution in [0.4, 0.5) is 0 Å². The molecule has 1 aliphatic rings. The molecule has 108 valence electrons. The lowest BCUT2D eigenvalue weighted by atomic mass is 10.2. The van der Waals surface area contributed by atoms with E-state index in [0.29, 0.717) is 6.54 Å². The average molecular weight is 259 g/mol. The van der Waals surface area contributed by atoms with Crippen molar-refractivity contribution in [3.8, 4) is 0 Å². The molecule has 1 unspecified atom stereocenters. The van der Waals surface area contributed by atoms with E-state index in [4.69, 9.17) is 4.74 Å². The quantitative estimate of drug-likeness (QED) is 0.622. The summed E-state index contributed by atoms with van der Waals surface area (Å²) in [6, 6.07) is 0. The summed E-state index contributed by atoms with van der Waals surface area (Å²) in [5, 5.41) is 13.4. The van der Waals surface area contributed by atoms with Gasteiger partial charge < -0.3 is 20.1 Å². The highest BCUT2D eigenvalue weighted by molar-refractivity contribution is 4.72. The van der Waals surface area contributed by atoms with Crippen LogP contribution in [-0.2, 0) is 4.74 Å². The van der Waals surface area contributed by atoms with Crippen molar-refractivity contribution in [3.05, 3.63) is 0 Å². The van der Waals surface area contributed by atoms with Crippen molar-refractivity contribution >= 4 is 0 Å². The highest BCUT2D eigenvalue weighted by Crippen LogP contribution is 1.98. The number of aliphatic hydroxyl groups excluding tert-OH is 1. The molecular formula is C13H29N3O2. The molecule has 1 aliphatic heterocycles. The van der Waals surface area contributed by atoms with Gasteiger partial charge in [0, 0.05) is 45.8 Å². The van der Waals surface area contributed by atoms with E-state index in [2.05, 4.69) is 15.1 Å². The second kappa shape index (κ2) is 8.82. The van der Waals surface area contributed by atoms with E-state index in [1.54, 1.807) is 0 Å². The van der Waals surface area contributed by atoms with Crippen molar-refractivity contribution in [1.29, 1.82) is 0 Å². The van der Waals surface area contributed by atoms with Crippen molar-refractivity contribution in [2.24, 2.45) is 0 Å². The van der Waals surface area contributed by atoms with Crippen LogP contribution in [0.1, 0.15) is 13.8 Å². The number of aliphatic hydroxyl groups is 1. The third-order valence-corrected chi connectivity index (χ3v) is 3.13. The molecule has 0 aromatic rings. The van der Waals surface area contributed by atoms with Crippen molar-refractivity contribution in [2.75, 3.05) is 59.5 Å². The van der Waals surface area contributed by atoms with Crippen LogP contribution >= 0.6 is 0 Å². The first kappa shape index (κ1) is 15.9. The lowest BCUT2D eigenvalue weighted by Gasteiger charge is -2.30. The molecule has 0 spiro atoms. The Morgan fingerprint density at radius 3 is 2.61 bits per heavy atom. The van der Waals surface area contributed by atoms with Crippen molar-refractivity contribution in [3.63, 3.8) is 0 Å². The van der Waals surface area contributed by atoms with Gasteiger partial charge in [-0.2, -0.15) is 0 Å². The Balaban J connectivity index is 2.08. The summed E-state index contributed by atoms with van der Waals surface area (Å²) in [5.41, 5.74) is 0. The minimum atomic E-state index is -0.271. The van der Waals surface area contributed by atoms with Gasteiger partial charge >= 0.3 is 0 Å². The summed E-state index contributed by atoms with van der Waals surface area (Å²) in [4.78, 5) is 4.45. The first-order valence-corrected chi connectivity index (χ1v) is 6.99. The van der Waals surface area contributed by atoms with Crippen molar-refractivity contribution < 1.29 is 9.84 Å². The molecule has 1 rings (SSSR count). The van der Waals surface area contributed by atoms with Gasteiger partial charge in [-0.05, 0) is 20.9 Å². The van der Waals surface area contributed by atoms with Gasteiger partial charge in [0.1, 0.15) is 0 Å². The van der Waals surface area contributed by atoms with Gasteiger partial charge in [0.15, 0.2) is 0 Å². The average Bonchev–Trinajstić information content (AvgIpc) is 2.29. The number of ether oxygens (including phenoxy) is 1. The second-order valence-electron chi connectivity index (χ2n) is 5.39. The Kier molecular flexibility index (Phi) is 7.77. The van der Waals surface area contributed by atoms with Crippen LogP contribution in [0.5, 0.6) is 0 Å². The highest BCUT2D eigenvalue weighted by atomic mass is 16.5. The molecule has 1 atom stereocenters. The Hall–Kier alpha value is -0.200. The van der Waals surface area contributed by atoms with E-state index in [9.17, 15) is 5.11 Å². The summed E-state index contributed by atoms with van der Waals surface area (Å²) in [6.07, 6.45) is 0.0105. The zero-order chi connectivity index (χ0) is 13.4. The molecule has 0 radical (unpaired) electrons. The Morgan fingerprint density at radius 2 is 2.00 bits per heavy atom. The fourth-order valence-electron chi connectivity index (χ4n) is 2.14. The van der Waals surface area contributed by atoms with Gasteiger partial charge in [0.2, 0.25) is 0 Å². The normalized spacial score (nSPS) is 19.7. The Bertz CT molecular complexity index is 208. The lowest BCUT2D eigenvalue weighted by Crippen LogP contribution is -2.48. The van der Waals surface area contributed by atoms with E-state index >= 15 is 0 Å². The summed E-state index contributed by atoms with van der Waals surface area (Å²) in [7, 11) is 2.03. The molecule has 5 heteroatoms. The van der Waals surface area contributed by atoms with Crippen molar-refractivity contribution in [2.45, 2.75) is 26.1 Å². The number of piperazine rings is 1. The highest BCUT2D eigenvalue weighted by Gasteiger charge is 2.15. The molecule has 0 saturated carbocycles. The number of nitrogens with one attached hydrogen (secondary N) is 1. The fraction of sp³-hybridized carbons (Fsp3) is 1.00. The molecule has 18 heavy (non-hydrogen) atoms. The van der Waals surface area contributed by atoms with Crippen LogP contribution in [0.2, 0.25) is 0 Å². The summed E-state index contributed by atoms with van der Waals surface area (Å²) >= 11 is 0. The van der Waals surface area contributed by atoms with Gasteiger partial charge in [-0.25, -0.2) is 0 Å². The van der Waals surface area contributed by atoms with Crippen LogP contribution in [0.3, 0.4) is 0 Å². The fourth-order valence-corrected chi connectivity index (χ4v) is 2.14. The molecule has 0 aromatic heterocycles.